The van der Waals surface area contributed by atoms with Gasteiger partial charge in [0.15, 0.2) is 0 Å². The van der Waals surface area contributed by atoms with E-state index in [4.69, 9.17) is 4.74 Å². The molecule has 2 amide bonds. The van der Waals surface area contributed by atoms with Gasteiger partial charge in [-0.1, -0.05) is 13.8 Å². The highest BCUT2D eigenvalue weighted by molar-refractivity contribution is 5.74. The van der Waals surface area contributed by atoms with Crippen molar-refractivity contribution in [3.05, 3.63) is 0 Å². The minimum Gasteiger partial charge on any atom is -0.393 e. The van der Waals surface area contributed by atoms with Crippen LogP contribution in [-0.2, 0) is 4.74 Å². The average Bonchev–Trinajstić information content (AvgIpc) is 2.42. The third kappa shape index (κ3) is 5.83. The lowest BCUT2D eigenvalue weighted by Crippen LogP contribution is -2.51. The first kappa shape index (κ1) is 18.2. The fourth-order valence-electron chi connectivity index (χ4n) is 3.19. The fraction of sp³-hybridized carbons (Fsp3) is 0.938. The number of urea groups is 1. The molecule has 0 spiro atoms. The van der Waals surface area contributed by atoms with Crippen molar-refractivity contribution < 1.29 is 14.6 Å². The average molecular weight is 300 g/mol. The first-order valence-corrected chi connectivity index (χ1v) is 7.76. The number of carbonyl (C=O) groups is 1. The van der Waals surface area contributed by atoms with E-state index in [0.717, 1.165) is 6.42 Å². The summed E-state index contributed by atoms with van der Waals surface area (Å²) in [5.41, 5.74) is -0.713. The zero-order valence-corrected chi connectivity index (χ0v) is 14.5. The third-order valence-corrected chi connectivity index (χ3v) is 3.96. The van der Waals surface area contributed by atoms with Crippen LogP contribution in [-0.4, -0.2) is 41.0 Å². The molecular weight excluding hydrogens is 268 g/mol. The van der Waals surface area contributed by atoms with Gasteiger partial charge in [0, 0.05) is 6.54 Å². The lowest BCUT2D eigenvalue weighted by molar-refractivity contribution is -0.0690. The predicted octanol–water partition coefficient (Wildman–Crippen LogP) is 2.43. The molecule has 2 atom stereocenters. The van der Waals surface area contributed by atoms with E-state index < -0.39 is 0 Å². The summed E-state index contributed by atoms with van der Waals surface area (Å²) in [6.07, 6.45) is 1.08. The minimum atomic E-state index is -0.368. The predicted molar refractivity (Wildman–Crippen MR) is 84.3 cm³/mol. The van der Waals surface area contributed by atoms with Crippen LogP contribution >= 0.6 is 0 Å². The van der Waals surface area contributed by atoms with Crippen molar-refractivity contribution in [3.8, 4) is 0 Å². The van der Waals surface area contributed by atoms with Crippen molar-refractivity contribution in [1.29, 1.82) is 0 Å². The Morgan fingerprint density at radius 1 is 1.38 bits per heavy atom. The van der Waals surface area contributed by atoms with Gasteiger partial charge in [-0.05, 0) is 52.9 Å². The number of aliphatic hydroxyl groups is 1. The van der Waals surface area contributed by atoms with E-state index in [9.17, 15) is 9.90 Å². The molecule has 1 rings (SSSR count). The van der Waals surface area contributed by atoms with Gasteiger partial charge in [-0.15, -0.1) is 0 Å². The molecule has 1 heterocycles. The van der Waals surface area contributed by atoms with Gasteiger partial charge in [0.05, 0.1) is 23.3 Å². The molecule has 1 aliphatic rings. The number of rotatable bonds is 5. The second kappa shape index (κ2) is 6.13. The SMILES string of the molecule is CC(O)CC(C)(C)CNC(=O)NC1CC(C)(C)OC1(C)C. The summed E-state index contributed by atoms with van der Waals surface area (Å²) in [6, 6.07) is -0.180. The van der Waals surface area contributed by atoms with Crippen LogP contribution in [0, 0.1) is 5.41 Å². The molecule has 0 aromatic heterocycles. The van der Waals surface area contributed by atoms with Crippen molar-refractivity contribution >= 4 is 6.03 Å². The van der Waals surface area contributed by atoms with Gasteiger partial charge in [-0.3, -0.25) is 0 Å². The number of hydrogen-bond acceptors (Lipinski definition) is 3. The van der Waals surface area contributed by atoms with Gasteiger partial charge in [-0.2, -0.15) is 0 Å². The van der Waals surface area contributed by atoms with E-state index in [0.29, 0.717) is 13.0 Å². The van der Waals surface area contributed by atoms with Gasteiger partial charge in [0.2, 0.25) is 0 Å². The number of aliphatic hydroxyl groups excluding tert-OH is 1. The quantitative estimate of drug-likeness (QED) is 0.730. The number of amides is 2. The van der Waals surface area contributed by atoms with Crippen molar-refractivity contribution in [2.24, 2.45) is 5.41 Å². The molecule has 0 bridgehead atoms. The van der Waals surface area contributed by atoms with E-state index in [2.05, 4.69) is 10.6 Å². The molecule has 0 aromatic rings. The number of ether oxygens (including phenoxy) is 1. The Kier molecular flexibility index (Phi) is 5.32. The van der Waals surface area contributed by atoms with Crippen molar-refractivity contribution in [1.82, 2.24) is 10.6 Å². The summed E-state index contributed by atoms with van der Waals surface area (Å²) >= 11 is 0. The van der Waals surface area contributed by atoms with Crippen LogP contribution in [0.25, 0.3) is 0 Å². The molecule has 0 aromatic carbocycles. The Morgan fingerprint density at radius 3 is 2.38 bits per heavy atom. The Morgan fingerprint density at radius 2 is 1.95 bits per heavy atom. The number of nitrogens with one attached hydrogen (secondary N) is 2. The Hall–Kier alpha value is -0.810. The van der Waals surface area contributed by atoms with Crippen molar-refractivity contribution in [3.63, 3.8) is 0 Å². The minimum absolute atomic E-state index is 0.00706. The largest absolute Gasteiger partial charge is 0.393 e. The lowest BCUT2D eigenvalue weighted by Gasteiger charge is -2.29. The molecule has 0 saturated carbocycles. The number of hydrogen-bond donors (Lipinski definition) is 3. The normalized spacial score (nSPS) is 25.4. The fourth-order valence-corrected chi connectivity index (χ4v) is 3.19. The molecule has 0 radical (unpaired) electrons. The van der Waals surface area contributed by atoms with Crippen molar-refractivity contribution in [2.45, 2.75) is 84.7 Å². The van der Waals surface area contributed by atoms with Crippen molar-refractivity contribution in [2.75, 3.05) is 6.54 Å². The van der Waals surface area contributed by atoms with Gasteiger partial charge >= 0.3 is 6.03 Å². The van der Waals surface area contributed by atoms with E-state index in [1.807, 2.05) is 41.5 Å². The summed E-state index contributed by atoms with van der Waals surface area (Å²) < 4.78 is 5.97. The second-order valence-corrected chi connectivity index (χ2v) is 8.27. The number of carbonyl (C=O) groups excluding carboxylic acids is 1. The maximum absolute atomic E-state index is 12.1. The molecule has 5 heteroatoms. The molecule has 1 saturated heterocycles. The highest BCUT2D eigenvalue weighted by atomic mass is 16.5. The first-order chi connectivity index (χ1) is 9.33. The van der Waals surface area contributed by atoms with Gasteiger partial charge in [0.1, 0.15) is 0 Å². The molecule has 1 aliphatic heterocycles. The van der Waals surface area contributed by atoms with Crippen LogP contribution in [0.1, 0.15) is 61.3 Å². The van der Waals surface area contributed by atoms with Gasteiger partial charge < -0.3 is 20.5 Å². The Labute approximate surface area is 128 Å². The summed E-state index contributed by atoms with van der Waals surface area (Å²) in [7, 11) is 0. The van der Waals surface area contributed by atoms with Crippen LogP contribution < -0.4 is 10.6 Å². The van der Waals surface area contributed by atoms with Crippen LogP contribution in [0.2, 0.25) is 0 Å². The molecule has 0 aliphatic carbocycles. The molecule has 124 valence electrons. The lowest BCUT2D eigenvalue weighted by atomic mass is 9.87. The maximum Gasteiger partial charge on any atom is 0.315 e. The summed E-state index contributed by atoms with van der Waals surface area (Å²) in [4.78, 5) is 12.1. The highest BCUT2D eigenvalue weighted by Gasteiger charge is 2.46. The van der Waals surface area contributed by atoms with E-state index in [1.54, 1.807) is 6.92 Å². The van der Waals surface area contributed by atoms with E-state index in [-0.39, 0.29) is 34.8 Å². The monoisotopic (exact) mass is 300 g/mol. The Bertz CT molecular complexity index is 376. The van der Waals surface area contributed by atoms with Crippen LogP contribution in [0.4, 0.5) is 4.79 Å². The molecular formula is C16H32N2O3. The smallest absolute Gasteiger partial charge is 0.315 e. The molecule has 1 fully saturated rings. The summed E-state index contributed by atoms with van der Waals surface area (Å²) in [5, 5.41) is 15.4. The molecule has 5 nitrogen and oxygen atoms in total. The standard InChI is InChI=1S/C16H32N2O3/c1-11(19)8-14(2,3)10-17-13(20)18-12-9-15(4,5)21-16(12,6)7/h11-12,19H,8-10H2,1-7H3,(H2,17,18,20). The van der Waals surface area contributed by atoms with E-state index in [1.165, 1.54) is 0 Å². The third-order valence-electron chi connectivity index (χ3n) is 3.96. The van der Waals surface area contributed by atoms with Gasteiger partial charge in [0.25, 0.3) is 0 Å². The molecule has 3 N–H and O–H groups in total. The topological polar surface area (TPSA) is 70.6 Å². The first-order valence-electron chi connectivity index (χ1n) is 7.76. The van der Waals surface area contributed by atoms with Gasteiger partial charge in [-0.25, -0.2) is 4.79 Å². The van der Waals surface area contributed by atoms with E-state index >= 15 is 0 Å². The zero-order valence-electron chi connectivity index (χ0n) is 14.5. The zero-order chi connectivity index (χ0) is 16.5. The van der Waals surface area contributed by atoms with Crippen LogP contribution in [0.3, 0.4) is 0 Å². The Balaban J connectivity index is 2.48. The maximum atomic E-state index is 12.1. The van der Waals surface area contributed by atoms with Crippen LogP contribution in [0.15, 0.2) is 0 Å². The molecule has 21 heavy (non-hydrogen) atoms. The summed E-state index contributed by atoms with van der Waals surface area (Å²) in [5.74, 6) is 0. The van der Waals surface area contributed by atoms with Crippen LogP contribution in [0.5, 0.6) is 0 Å². The second-order valence-electron chi connectivity index (χ2n) is 8.27. The summed E-state index contributed by atoms with van der Waals surface area (Å²) in [6.45, 7) is 14.5. The molecule has 2 unspecified atom stereocenters. The highest BCUT2D eigenvalue weighted by Crippen LogP contribution is 2.37.